The molecule has 6 heteroatoms. The molecule has 3 rings (SSSR count). The van der Waals surface area contributed by atoms with Gasteiger partial charge in [0.15, 0.2) is 11.5 Å². The summed E-state index contributed by atoms with van der Waals surface area (Å²) in [5.41, 5.74) is 0.994. The number of aliphatic hydroxyl groups is 2. The first-order chi connectivity index (χ1) is 13.0. The third-order valence-electron chi connectivity index (χ3n) is 4.30. The van der Waals surface area contributed by atoms with Crippen molar-refractivity contribution in [1.82, 2.24) is 4.90 Å². The highest BCUT2D eigenvalue weighted by atomic mass is 19.1. The highest BCUT2D eigenvalue weighted by Crippen LogP contribution is 2.37. The smallest absolute Gasteiger partial charge is 0.290 e. The van der Waals surface area contributed by atoms with E-state index in [0.29, 0.717) is 5.56 Å². The highest BCUT2D eigenvalue weighted by molar-refractivity contribution is 6.14. The molecule has 2 aromatic carbocycles. The van der Waals surface area contributed by atoms with E-state index in [1.807, 2.05) is 18.2 Å². The Labute approximate surface area is 155 Å². The van der Waals surface area contributed by atoms with Gasteiger partial charge in [-0.15, -0.1) is 0 Å². The fraction of sp³-hybridized carbons (Fsp3) is 0.143. The molecule has 27 heavy (non-hydrogen) atoms. The lowest BCUT2D eigenvalue weighted by molar-refractivity contribution is -0.129. The lowest BCUT2D eigenvalue weighted by Crippen LogP contribution is -2.33. The van der Waals surface area contributed by atoms with Crippen LogP contribution >= 0.6 is 0 Å². The Morgan fingerprint density at radius 2 is 1.89 bits per heavy atom. The van der Waals surface area contributed by atoms with Crippen molar-refractivity contribution in [2.75, 3.05) is 13.2 Å². The fourth-order valence-electron chi connectivity index (χ4n) is 3.09. The summed E-state index contributed by atoms with van der Waals surface area (Å²) in [6.45, 7) is -0.449. The molecule has 138 valence electrons. The van der Waals surface area contributed by atoms with Crippen LogP contribution in [0.2, 0.25) is 0 Å². The van der Waals surface area contributed by atoms with Crippen LogP contribution in [0.3, 0.4) is 0 Å². The van der Waals surface area contributed by atoms with E-state index in [0.717, 1.165) is 10.5 Å². The third kappa shape index (κ3) is 3.80. The van der Waals surface area contributed by atoms with Crippen molar-refractivity contribution in [3.63, 3.8) is 0 Å². The Hall–Kier alpha value is -3.25. The number of halogens is 1. The minimum atomic E-state index is -0.965. The van der Waals surface area contributed by atoms with Gasteiger partial charge in [-0.1, -0.05) is 48.5 Å². The SMILES string of the molecule is O=C(C=Cc1ccccc1)C1=C(O)C(=O)N(CCO)C1c1cccc(F)c1. The maximum atomic E-state index is 13.7. The Balaban J connectivity index is 2.00. The average molecular weight is 367 g/mol. The fourth-order valence-corrected chi connectivity index (χ4v) is 3.09. The molecule has 1 heterocycles. The van der Waals surface area contributed by atoms with E-state index in [4.69, 9.17) is 0 Å². The predicted octanol–water partition coefficient (Wildman–Crippen LogP) is 2.80. The summed E-state index contributed by atoms with van der Waals surface area (Å²) in [6, 6.07) is 13.6. The van der Waals surface area contributed by atoms with Crippen molar-refractivity contribution in [3.05, 3.63) is 88.9 Å². The molecule has 0 saturated heterocycles. The molecule has 0 saturated carbocycles. The number of hydrogen-bond acceptors (Lipinski definition) is 4. The van der Waals surface area contributed by atoms with E-state index in [1.165, 1.54) is 24.3 Å². The van der Waals surface area contributed by atoms with Crippen LogP contribution in [-0.2, 0) is 9.59 Å². The lowest BCUT2D eigenvalue weighted by atomic mass is 9.95. The van der Waals surface area contributed by atoms with Gasteiger partial charge in [0.2, 0.25) is 0 Å². The summed E-state index contributed by atoms with van der Waals surface area (Å²) in [5.74, 6) is -2.53. The van der Waals surface area contributed by atoms with Crippen molar-refractivity contribution in [2.45, 2.75) is 6.04 Å². The van der Waals surface area contributed by atoms with Crippen molar-refractivity contribution < 1.29 is 24.2 Å². The van der Waals surface area contributed by atoms with Crippen LogP contribution in [0.5, 0.6) is 0 Å². The van der Waals surface area contributed by atoms with Gasteiger partial charge in [0.25, 0.3) is 5.91 Å². The molecule has 0 bridgehead atoms. The first-order valence-corrected chi connectivity index (χ1v) is 8.41. The van der Waals surface area contributed by atoms with Gasteiger partial charge < -0.3 is 15.1 Å². The first kappa shape index (κ1) is 18.5. The summed E-state index contributed by atoms with van der Waals surface area (Å²) in [5, 5.41) is 19.5. The number of carbonyl (C=O) groups is 2. The van der Waals surface area contributed by atoms with Gasteiger partial charge in [0.1, 0.15) is 5.82 Å². The molecule has 1 aliphatic heterocycles. The van der Waals surface area contributed by atoms with Gasteiger partial charge in [-0.05, 0) is 29.3 Å². The molecule has 0 spiro atoms. The monoisotopic (exact) mass is 367 g/mol. The van der Waals surface area contributed by atoms with Gasteiger partial charge in [-0.3, -0.25) is 9.59 Å². The molecule has 0 aromatic heterocycles. The number of allylic oxidation sites excluding steroid dienone is 1. The molecule has 0 fully saturated rings. The topological polar surface area (TPSA) is 77.8 Å². The molecule has 1 aliphatic rings. The molecule has 2 N–H and O–H groups in total. The first-order valence-electron chi connectivity index (χ1n) is 8.41. The number of nitrogens with zero attached hydrogens (tertiary/aromatic N) is 1. The minimum absolute atomic E-state index is 0.0940. The van der Waals surface area contributed by atoms with Crippen LogP contribution in [-0.4, -0.2) is 40.0 Å². The molecule has 2 aromatic rings. The van der Waals surface area contributed by atoms with Gasteiger partial charge in [-0.2, -0.15) is 0 Å². The number of amides is 1. The molecule has 1 atom stereocenters. The zero-order valence-corrected chi connectivity index (χ0v) is 14.4. The molecule has 1 amide bonds. The third-order valence-corrected chi connectivity index (χ3v) is 4.30. The summed E-state index contributed by atoms with van der Waals surface area (Å²) < 4.78 is 13.7. The van der Waals surface area contributed by atoms with E-state index in [2.05, 4.69) is 0 Å². The molecule has 5 nitrogen and oxygen atoms in total. The number of ketones is 1. The Kier molecular flexibility index (Phi) is 5.47. The van der Waals surface area contributed by atoms with E-state index < -0.39 is 29.3 Å². The second kappa shape index (κ2) is 7.97. The van der Waals surface area contributed by atoms with Crippen LogP contribution in [0.15, 0.2) is 72.0 Å². The van der Waals surface area contributed by atoms with Crippen LogP contribution in [0, 0.1) is 5.82 Å². The van der Waals surface area contributed by atoms with Crippen LogP contribution < -0.4 is 0 Å². The Morgan fingerprint density at radius 3 is 2.56 bits per heavy atom. The van der Waals surface area contributed by atoms with Crippen molar-refractivity contribution in [2.24, 2.45) is 0 Å². The largest absolute Gasteiger partial charge is 0.503 e. The number of rotatable bonds is 6. The van der Waals surface area contributed by atoms with E-state index in [9.17, 15) is 24.2 Å². The number of aliphatic hydroxyl groups excluding tert-OH is 2. The Morgan fingerprint density at radius 1 is 1.15 bits per heavy atom. The van der Waals surface area contributed by atoms with Crippen LogP contribution in [0.4, 0.5) is 4.39 Å². The molecule has 0 aliphatic carbocycles. The summed E-state index contributed by atoms with van der Waals surface area (Å²) in [7, 11) is 0. The summed E-state index contributed by atoms with van der Waals surface area (Å²) in [6.07, 6.45) is 2.84. The van der Waals surface area contributed by atoms with Gasteiger partial charge in [-0.25, -0.2) is 4.39 Å². The van der Waals surface area contributed by atoms with E-state index >= 15 is 0 Å². The molecule has 1 unspecified atom stereocenters. The second-order valence-corrected chi connectivity index (χ2v) is 6.05. The van der Waals surface area contributed by atoms with Crippen molar-refractivity contribution in [3.8, 4) is 0 Å². The molecular weight excluding hydrogens is 349 g/mol. The Bertz CT molecular complexity index is 921. The maximum Gasteiger partial charge on any atom is 0.290 e. The number of benzene rings is 2. The maximum absolute atomic E-state index is 13.7. The predicted molar refractivity (Wildman–Crippen MR) is 98.1 cm³/mol. The molecular formula is C21H18FNO4. The number of carbonyl (C=O) groups excluding carboxylic acids is 2. The van der Waals surface area contributed by atoms with E-state index in [1.54, 1.807) is 24.3 Å². The normalized spacial score (nSPS) is 17.2. The number of hydrogen-bond donors (Lipinski definition) is 2. The standard InChI is InChI=1S/C21H18FNO4/c22-16-8-4-7-15(13-16)19-18(20(26)21(27)23(19)11-12-24)17(25)10-9-14-5-2-1-3-6-14/h1-10,13,19,24,26H,11-12H2. The lowest BCUT2D eigenvalue weighted by Gasteiger charge is -2.25. The zero-order valence-electron chi connectivity index (χ0n) is 14.4. The van der Waals surface area contributed by atoms with E-state index in [-0.39, 0.29) is 18.7 Å². The van der Waals surface area contributed by atoms with Gasteiger partial charge in [0.05, 0.1) is 18.2 Å². The quantitative estimate of drug-likeness (QED) is 0.770. The second-order valence-electron chi connectivity index (χ2n) is 6.05. The average Bonchev–Trinajstić information content (AvgIpc) is 2.92. The van der Waals surface area contributed by atoms with Crippen LogP contribution in [0.25, 0.3) is 6.08 Å². The zero-order chi connectivity index (χ0) is 19.4. The number of β-amino-alcohol motifs (C(OH)–C–C–N with tert-alkyl or cyclic N) is 1. The van der Waals surface area contributed by atoms with Crippen LogP contribution in [0.1, 0.15) is 17.2 Å². The summed E-state index contributed by atoms with van der Waals surface area (Å²) >= 11 is 0. The summed E-state index contributed by atoms with van der Waals surface area (Å²) in [4.78, 5) is 26.3. The minimum Gasteiger partial charge on any atom is -0.503 e. The van der Waals surface area contributed by atoms with Gasteiger partial charge >= 0.3 is 0 Å². The highest BCUT2D eigenvalue weighted by Gasteiger charge is 2.42. The van der Waals surface area contributed by atoms with Crippen molar-refractivity contribution in [1.29, 1.82) is 0 Å². The van der Waals surface area contributed by atoms with Crippen molar-refractivity contribution >= 4 is 17.8 Å². The van der Waals surface area contributed by atoms with Gasteiger partial charge in [0, 0.05) is 6.54 Å². The molecule has 0 radical (unpaired) electrons.